The van der Waals surface area contributed by atoms with Crippen LogP contribution in [-0.4, -0.2) is 59.6 Å². The fourth-order valence-electron chi connectivity index (χ4n) is 2.92. The van der Waals surface area contributed by atoms with Gasteiger partial charge >= 0.3 is 0 Å². The molecule has 128 valence electrons. The Morgan fingerprint density at radius 3 is 2.96 bits per heavy atom. The second-order valence-corrected chi connectivity index (χ2v) is 6.01. The van der Waals surface area contributed by atoms with Crippen molar-refractivity contribution in [1.82, 2.24) is 34.4 Å². The fraction of sp³-hybridized carbons (Fsp3) is 0.375. The van der Waals surface area contributed by atoms with Gasteiger partial charge in [0.05, 0.1) is 12.7 Å². The first-order valence-electron chi connectivity index (χ1n) is 8.03. The van der Waals surface area contributed by atoms with E-state index in [0.29, 0.717) is 24.7 Å². The highest BCUT2D eigenvalue weighted by atomic mass is 16.5. The molecule has 0 aromatic carbocycles. The zero-order chi connectivity index (χ0) is 17.4. The van der Waals surface area contributed by atoms with E-state index in [9.17, 15) is 4.79 Å². The Bertz CT molecular complexity index is 925. The van der Waals surface area contributed by atoms with Crippen LogP contribution in [0.4, 0.5) is 0 Å². The average molecular weight is 339 g/mol. The molecule has 0 bridgehead atoms. The second kappa shape index (κ2) is 6.08. The number of carbonyl (C=O) groups excluding carboxylic acids is 1. The van der Waals surface area contributed by atoms with E-state index >= 15 is 0 Å². The number of fused-ring (bicyclic) bond motifs is 1. The largest absolute Gasteiger partial charge is 0.471 e. The number of aryl methyl sites for hydroxylation is 2. The summed E-state index contributed by atoms with van der Waals surface area (Å²) in [6.07, 6.45) is 5.34. The maximum Gasteiger partial charge on any atom is 0.293 e. The molecule has 0 saturated carbocycles. The van der Waals surface area contributed by atoms with E-state index in [1.807, 2.05) is 19.9 Å². The highest BCUT2D eigenvalue weighted by Crippen LogP contribution is 2.17. The molecule has 4 rings (SSSR count). The maximum absolute atomic E-state index is 12.7. The molecule has 3 aromatic rings. The first-order chi connectivity index (χ1) is 12.1. The molecule has 1 unspecified atom stereocenters. The van der Waals surface area contributed by atoms with Gasteiger partial charge in [0.1, 0.15) is 6.10 Å². The molecule has 1 aliphatic rings. The Kier molecular flexibility index (Phi) is 3.75. The number of hydrogen-bond donors (Lipinski definition) is 0. The summed E-state index contributed by atoms with van der Waals surface area (Å²) in [7, 11) is 0. The molecule has 0 aliphatic carbocycles. The van der Waals surface area contributed by atoms with Crippen LogP contribution < -0.4 is 4.74 Å². The van der Waals surface area contributed by atoms with Crippen LogP contribution in [0.1, 0.15) is 28.4 Å². The van der Waals surface area contributed by atoms with Gasteiger partial charge in [0.25, 0.3) is 11.7 Å². The van der Waals surface area contributed by atoms with Crippen molar-refractivity contribution in [3.63, 3.8) is 0 Å². The third kappa shape index (κ3) is 3.00. The summed E-state index contributed by atoms with van der Waals surface area (Å²) in [5, 5.41) is 4.30. The normalized spacial score (nSPS) is 17.2. The molecule has 3 aromatic heterocycles. The Balaban J connectivity index is 1.49. The lowest BCUT2D eigenvalue weighted by Gasteiger charge is -2.15. The predicted octanol–water partition coefficient (Wildman–Crippen LogP) is 0.825. The molecular formula is C16H17N7O2. The minimum atomic E-state index is -0.215. The second-order valence-electron chi connectivity index (χ2n) is 6.01. The van der Waals surface area contributed by atoms with Gasteiger partial charge in [0.2, 0.25) is 11.7 Å². The van der Waals surface area contributed by atoms with E-state index in [-0.39, 0.29) is 17.8 Å². The number of ether oxygens (including phenoxy) is 1. The molecule has 1 atom stereocenters. The third-order valence-electron chi connectivity index (χ3n) is 4.07. The highest BCUT2D eigenvalue weighted by Gasteiger charge is 2.30. The van der Waals surface area contributed by atoms with Gasteiger partial charge in [-0.2, -0.15) is 4.98 Å². The van der Waals surface area contributed by atoms with E-state index in [4.69, 9.17) is 4.74 Å². The summed E-state index contributed by atoms with van der Waals surface area (Å²) in [6, 6.07) is 1.90. The van der Waals surface area contributed by atoms with Crippen molar-refractivity contribution in [3.05, 3.63) is 41.9 Å². The van der Waals surface area contributed by atoms with Crippen molar-refractivity contribution >= 4 is 11.7 Å². The Morgan fingerprint density at radius 2 is 2.16 bits per heavy atom. The van der Waals surface area contributed by atoms with E-state index in [2.05, 4.69) is 25.0 Å². The quantitative estimate of drug-likeness (QED) is 0.697. The summed E-state index contributed by atoms with van der Waals surface area (Å²) in [6.45, 7) is 4.85. The van der Waals surface area contributed by atoms with Crippen LogP contribution in [-0.2, 0) is 0 Å². The summed E-state index contributed by atoms with van der Waals surface area (Å²) >= 11 is 0. The van der Waals surface area contributed by atoms with E-state index in [1.165, 1.54) is 0 Å². The standard InChI is InChI=1S/C16H17N7O2/c1-10-7-11(2)23-16(19-10)20-14(21-23)15(24)22-6-3-12(9-22)25-13-8-17-4-5-18-13/h4-5,7-8,12H,3,6,9H2,1-2H3. The number of hydrogen-bond acceptors (Lipinski definition) is 7. The Labute approximate surface area is 143 Å². The SMILES string of the molecule is Cc1cc(C)n2nc(C(=O)N3CCC(Oc4cnccn4)C3)nc2n1. The number of nitrogens with zero attached hydrogens (tertiary/aromatic N) is 7. The molecule has 9 heteroatoms. The molecule has 0 N–H and O–H groups in total. The van der Waals surface area contributed by atoms with Crippen molar-refractivity contribution in [2.45, 2.75) is 26.4 Å². The van der Waals surface area contributed by atoms with Crippen LogP contribution >= 0.6 is 0 Å². The lowest BCUT2D eigenvalue weighted by atomic mass is 10.3. The number of likely N-dealkylation sites (tertiary alicyclic amines) is 1. The van der Waals surface area contributed by atoms with Crippen molar-refractivity contribution in [2.75, 3.05) is 13.1 Å². The molecule has 1 fully saturated rings. The average Bonchev–Trinajstić information content (AvgIpc) is 3.22. The zero-order valence-corrected chi connectivity index (χ0v) is 14.0. The van der Waals surface area contributed by atoms with Gasteiger partial charge < -0.3 is 9.64 Å². The molecule has 1 aliphatic heterocycles. The van der Waals surface area contributed by atoms with Gasteiger partial charge in [0, 0.05) is 36.7 Å². The fourth-order valence-corrected chi connectivity index (χ4v) is 2.92. The van der Waals surface area contributed by atoms with Crippen LogP contribution in [0.15, 0.2) is 24.7 Å². The van der Waals surface area contributed by atoms with E-state index < -0.39 is 0 Å². The lowest BCUT2D eigenvalue weighted by molar-refractivity contribution is 0.0759. The number of rotatable bonds is 3. The minimum absolute atomic E-state index is 0.111. The monoisotopic (exact) mass is 339 g/mol. The van der Waals surface area contributed by atoms with Crippen LogP contribution in [0.2, 0.25) is 0 Å². The molecule has 1 saturated heterocycles. The van der Waals surface area contributed by atoms with Gasteiger partial charge in [-0.15, -0.1) is 5.10 Å². The van der Waals surface area contributed by atoms with Crippen LogP contribution in [0.5, 0.6) is 5.88 Å². The number of carbonyl (C=O) groups is 1. The maximum atomic E-state index is 12.7. The van der Waals surface area contributed by atoms with Crippen molar-refractivity contribution in [2.24, 2.45) is 0 Å². The number of amides is 1. The van der Waals surface area contributed by atoms with Crippen LogP contribution in [0.25, 0.3) is 5.78 Å². The van der Waals surface area contributed by atoms with Gasteiger partial charge in [0.15, 0.2) is 0 Å². The van der Waals surface area contributed by atoms with Crippen molar-refractivity contribution < 1.29 is 9.53 Å². The van der Waals surface area contributed by atoms with Crippen molar-refractivity contribution in [3.8, 4) is 5.88 Å². The van der Waals surface area contributed by atoms with Crippen LogP contribution in [0.3, 0.4) is 0 Å². The Hall–Kier alpha value is -3.10. The minimum Gasteiger partial charge on any atom is -0.471 e. The van der Waals surface area contributed by atoms with Gasteiger partial charge in [-0.3, -0.25) is 9.78 Å². The molecular weight excluding hydrogens is 322 g/mol. The molecule has 0 radical (unpaired) electrons. The molecule has 0 spiro atoms. The van der Waals surface area contributed by atoms with Crippen molar-refractivity contribution in [1.29, 1.82) is 0 Å². The highest BCUT2D eigenvalue weighted by molar-refractivity contribution is 5.91. The molecule has 9 nitrogen and oxygen atoms in total. The molecule has 1 amide bonds. The third-order valence-corrected chi connectivity index (χ3v) is 4.07. The van der Waals surface area contributed by atoms with E-state index in [1.54, 1.807) is 28.0 Å². The first kappa shape index (κ1) is 15.4. The summed E-state index contributed by atoms with van der Waals surface area (Å²) in [5.41, 5.74) is 1.73. The first-order valence-corrected chi connectivity index (χ1v) is 8.03. The summed E-state index contributed by atoms with van der Waals surface area (Å²) in [5.74, 6) is 0.838. The number of aromatic nitrogens is 6. The van der Waals surface area contributed by atoms with Gasteiger partial charge in [-0.05, 0) is 19.9 Å². The van der Waals surface area contributed by atoms with E-state index in [0.717, 1.165) is 17.8 Å². The molecule has 25 heavy (non-hydrogen) atoms. The van der Waals surface area contributed by atoms with Crippen LogP contribution in [0, 0.1) is 13.8 Å². The topological polar surface area (TPSA) is 98.4 Å². The summed E-state index contributed by atoms with van der Waals surface area (Å²) < 4.78 is 7.35. The lowest BCUT2D eigenvalue weighted by Crippen LogP contribution is -2.31. The summed E-state index contributed by atoms with van der Waals surface area (Å²) in [4.78, 5) is 31.0. The smallest absolute Gasteiger partial charge is 0.293 e. The van der Waals surface area contributed by atoms with Gasteiger partial charge in [-0.25, -0.2) is 14.5 Å². The predicted molar refractivity (Wildman–Crippen MR) is 87.2 cm³/mol. The molecule has 4 heterocycles. The zero-order valence-electron chi connectivity index (χ0n) is 14.0. The van der Waals surface area contributed by atoms with Gasteiger partial charge in [-0.1, -0.05) is 0 Å². The Morgan fingerprint density at radius 1 is 1.28 bits per heavy atom.